The van der Waals surface area contributed by atoms with Crippen molar-refractivity contribution in [1.82, 2.24) is 0 Å². The van der Waals surface area contributed by atoms with Crippen LogP contribution in [-0.4, -0.2) is 11.5 Å². The highest BCUT2D eigenvalue weighted by atomic mass is 32.1. The Hall–Kier alpha value is 0.0200. The molecule has 0 aromatic carbocycles. The molecular weight excluding hydrogens is 132 g/mol. The first-order chi connectivity index (χ1) is 4.22. The van der Waals surface area contributed by atoms with E-state index >= 15 is 0 Å². The first-order valence-corrected chi connectivity index (χ1v) is 3.99. The minimum atomic E-state index is 0.233. The largest absolute Gasteiger partial charge is 0.299 e. The zero-order valence-corrected chi connectivity index (χ0v) is 6.95. The number of hydrogen-bond donors (Lipinski definition) is 1. The highest BCUT2D eigenvalue weighted by molar-refractivity contribution is 7.80. The predicted molar refractivity (Wildman–Crippen MR) is 42.9 cm³/mol. The van der Waals surface area contributed by atoms with E-state index in [0.717, 1.165) is 6.42 Å². The molecule has 1 unspecified atom stereocenters. The van der Waals surface area contributed by atoms with Crippen molar-refractivity contribution in [2.45, 2.75) is 26.7 Å². The van der Waals surface area contributed by atoms with Crippen LogP contribution in [0, 0.1) is 5.92 Å². The average molecular weight is 146 g/mol. The van der Waals surface area contributed by atoms with Crippen molar-refractivity contribution >= 4 is 18.4 Å². The third-order valence-electron chi connectivity index (χ3n) is 1.52. The third-order valence-corrected chi connectivity index (χ3v) is 1.74. The van der Waals surface area contributed by atoms with E-state index in [-0.39, 0.29) is 5.92 Å². The van der Waals surface area contributed by atoms with Crippen LogP contribution < -0.4 is 0 Å². The normalized spacial score (nSPS) is 13.2. The molecule has 0 rings (SSSR count). The summed E-state index contributed by atoms with van der Waals surface area (Å²) in [5.74, 6) is 1.26. The third kappa shape index (κ3) is 3.57. The van der Waals surface area contributed by atoms with Gasteiger partial charge in [-0.2, -0.15) is 12.6 Å². The first-order valence-electron chi connectivity index (χ1n) is 3.36. The lowest BCUT2D eigenvalue weighted by atomic mass is 10.0. The van der Waals surface area contributed by atoms with Crippen LogP contribution in [0.25, 0.3) is 0 Å². The maximum atomic E-state index is 10.9. The Kier molecular flexibility index (Phi) is 4.87. The van der Waals surface area contributed by atoms with E-state index < -0.39 is 0 Å². The Balaban J connectivity index is 3.46. The Labute approximate surface area is 62.2 Å². The molecule has 0 aliphatic carbocycles. The molecule has 0 saturated carbocycles. The van der Waals surface area contributed by atoms with Crippen molar-refractivity contribution in [3.05, 3.63) is 0 Å². The summed E-state index contributed by atoms with van der Waals surface area (Å²) in [6.07, 6.45) is 1.57. The number of carbonyl (C=O) groups is 1. The van der Waals surface area contributed by atoms with Crippen LogP contribution in [-0.2, 0) is 4.79 Å². The zero-order chi connectivity index (χ0) is 7.28. The molecule has 2 heteroatoms. The fourth-order valence-corrected chi connectivity index (χ4v) is 0.805. The molecule has 1 atom stereocenters. The number of Topliss-reactive ketones (excluding diaryl/α,β-unsaturated/α-hetero) is 1. The molecule has 0 spiro atoms. The van der Waals surface area contributed by atoms with Crippen LogP contribution in [0.15, 0.2) is 0 Å². The summed E-state index contributed by atoms with van der Waals surface area (Å²) < 4.78 is 0. The zero-order valence-electron chi connectivity index (χ0n) is 6.05. The van der Waals surface area contributed by atoms with Crippen LogP contribution in [0.1, 0.15) is 26.7 Å². The van der Waals surface area contributed by atoms with Gasteiger partial charge in [-0.15, -0.1) is 0 Å². The SMILES string of the molecule is CCC(C)C(=O)CCS. The van der Waals surface area contributed by atoms with Gasteiger partial charge >= 0.3 is 0 Å². The van der Waals surface area contributed by atoms with Gasteiger partial charge in [0.2, 0.25) is 0 Å². The van der Waals surface area contributed by atoms with Crippen molar-refractivity contribution in [3.63, 3.8) is 0 Å². The Bertz CT molecular complexity index is 90.9. The van der Waals surface area contributed by atoms with Gasteiger partial charge in [-0.3, -0.25) is 4.79 Å². The minimum Gasteiger partial charge on any atom is -0.299 e. The van der Waals surface area contributed by atoms with Gasteiger partial charge in [0, 0.05) is 12.3 Å². The molecule has 1 nitrogen and oxygen atoms in total. The standard InChI is InChI=1S/C7H14OS/c1-3-6(2)7(8)4-5-9/h6,9H,3-5H2,1-2H3. The van der Waals surface area contributed by atoms with E-state index in [1.165, 1.54) is 0 Å². The molecule has 0 amide bonds. The van der Waals surface area contributed by atoms with Crippen LogP contribution in [0.3, 0.4) is 0 Å². The molecule has 54 valence electrons. The van der Waals surface area contributed by atoms with Crippen LogP contribution >= 0.6 is 12.6 Å². The lowest BCUT2D eigenvalue weighted by molar-refractivity contribution is -0.122. The summed E-state index contributed by atoms with van der Waals surface area (Å²) in [6.45, 7) is 3.99. The van der Waals surface area contributed by atoms with Crippen molar-refractivity contribution < 1.29 is 4.79 Å². The lowest BCUT2D eigenvalue weighted by Crippen LogP contribution is -2.09. The summed E-state index contributed by atoms with van der Waals surface area (Å²) in [6, 6.07) is 0. The predicted octanol–water partition coefficient (Wildman–Crippen LogP) is 1.92. The van der Waals surface area contributed by atoms with E-state index in [1.54, 1.807) is 0 Å². The van der Waals surface area contributed by atoms with E-state index in [4.69, 9.17) is 0 Å². The van der Waals surface area contributed by atoms with Gasteiger partial charge in [0.05, 0.1) is 0 Å². The van der Waals surface area contributed by atoms with Crippen LogP contribution in [0.2, 0.25) is 0 Å². The number of rotatable bonds is 4. The van der Waals surface area contributed by atoms with Crippen LogP contribution in [0.5, 0.6) is 0 Å². The van der Waals surface area contributed by atoms with E-state index in [2.05, 4.69) is 12.6 Å². The van der Waals surface area contributed by atoms with E-state index in [0.29, 0.717) is 18.0 Å². The topological polar surface area (TPSA) is 17.1 Å². The molecule has 9 heavy (non-hydrogen) atoms. The molecule has 0 aliphatic rings. The summed E-state index contributed by atoms with van der Waals surface area (Å²) in [4.78, 5) is 10.9. The van der Waals surface area contributed by atoms with Gasteiger partial charge in [-0.25, -0.2) is 0 Å². The molecule has 0 aliphatic heterocycles. The molecule has 0 fully saturated rings. The monoisotopic (exact) mass is 146 g/mol. The lowest BCUT2D eigenvalue weighted by Gasteiger charge is -2.03. The van der Waals surface area contributed by atoms with Gasteiger partial charge in [0.1, 0.15) is 5.78 Å². The Morgan fingerprint density at radius 3 is 2.56 bits per heavy atom. The number of thiol groups is 1. The quantitative estimate of drug-likeness (QED) is 0.600. The fraction of sp³-hybridized carbons (Fsp3) is 0.857. The molecule has 0 aromatic heterocycles. The average Bonchev–Trinajstić information content (AvgIpc) is 1.87. The van der Waals surface area contributed by atoms with E-state index in [1.807, 2.05) is 13.8 Å². The van der Waals surface area contributed by atoms with E-state index in [9.17, 15) is 4.79 Å². The minimum absolute atomic E-state index is 0.233. The maximum Gasteiger partial charge on any atom is 0.136 e. The highest BCUT2D eigenvalue weighted by Crippen LogP contribution is 2.04. The molecule has 0 N–H and O–H groups in total. The van der Waals surface area contributed by atoms with Crippen molar-refractivity contribution in [3.8, 4) is 0 Å². The molecule has 0 aromatic rings. The summed E-state index contributed by atoms with van der Waals surface area (Å²) in [5.41, 5.74) is 0. The number of carbonyl (C=O) groups excluding carboxylic acids is 1. The Morgan fingerprint density at radius 2 is 2.22 bits per heavy atom. The first kappa shape index (κ1) is 9.02. The van der Waals surface area contributed by atoms with Crippen molar-refractivity contribution in [2.75, 3.05) is 5.75 Å². The molecule has 0 radical (unpaired) electrons. The number of ketones is 1. The van der Waals surface area contributed by atoms with Crippen molar-refractivity contribution in [1.29, 1.82) is 0 Å². The maximum absolute atomic E-state index is 10.9. The van der Waals surface area contributed by atoms with Gasteiger partial charge in [-0.1, -0.05) is 13.8 Å². The fourth-order valence-electron chi connectivity index (χ4n) is 0.584. The van der Waals surface area contributed by atoms with Crippen molar-refractivity contribution in [2.24, 2.45) is 5.92 Å². The Morgan fingerprint density at radius 1 is 1.67 bits per heavy atom. The smallest absolute Gasteiger partial charge is 0.136 e. The van der Waals surface area contributed by atoms with Gasteiger partial charge in [-0.05, 0) is 12.2 Å². The molecule has 0 bridgehead atoms. The molecular formula is C7H14OS. The summed E-state index contributed by atoms with van der Waals surface area (Å²) in [5, 5.41) is 0. The van der Waals surface area contributed by atoms with Gasteiger partial charge in [0.25, 0.3) is 0 Å². The molecule has 0 saturated heterocycles. The van der Waals surface area contributed by atoms with Gasteiger partial charge < -0.3 is 0 Å². The summed E-state index contributed by atoms with van der Waals surface area (Å²) in [7, 11) is 0. The highest BCUT2D eigenvalue weighted by Gasteiger charge is 2.07. The van der Waals surface area contributed by atoms with Gasteiger partial charge in [0.15, 0.2) is 0 Å². The second-order valence-electron chi connectivity index (χ2n) is 2.25. The second-order valence-corrected chi connectivity index (χ2v) is 2.70. The number of hydrogen-bond acceptors (Lipinski definition) is 2. The molecule has 0 heterocycles. The summed E-state index contributed by atoms with van der Waals surface area (Å²) >= 11 is 3.97. The second kappa shape index (κ2) is 4.86. The van der Waals surface area contributed by atoms with Crippen LogP contribution in [0.4, 0.5) is 0 Å².